The summed E-state index contributed by atoms with van der Waals surface area (Å²) in [6, 6.07) is 24.4. The Kier molecular flexibility index (Phi) is 7.47. The van der Waals surface area contributed by atoms with E-state index in [-0.39, 0.29) is 13.2 Å². The van der Waals surface area contributed by atoms with Crippen LogP contribution in [-0.4, -0.2) is 26.3 Å². The van der Waals surface area contributed by atoms with Gasteiger partial charge in [0.2, 0.25) is 0 Å². The van der Waals surface area contributed by atoms with Gasteiger partial charge in [0.15, 0.2) is 0 Å². The molecule has 0 aliphatic heterocycles. The normalized spacial score (nSPS) is 11.0. The fourth-order valence-corrected chi connectivity index (χ4v) is 2.99. The number of rotatable bonds is 8. The summed E-state index contributed by atoms with van der Waals surface area (Å²) < 4.78 is 17.5. The first-order chi connectivity index (χ1) is 14.2. The van der Waals surface area contributed by atoms with Crippen molar-refractivity contribution in [2.45, 2.75) is 0 Å². The molecule has 4 nitrogen and oxygen atoms in total. The number of carbonyl (C=O) groups excluding carboxylic acids is 1. The molecule has 5 heteroatoms. The van der Waals surface area contributed by atoms with Gasteiger partial charge < -0.3 is 14.2 Å². The molecule has 0 bridgehead atoms. The molecule has 0 saturated heterocycles. The highest BCUT2D eigenvalue weighted by Crippen LogP contribution is 2.25. The van der Waals surface area contributed by atoms with Crippen molar-refractivity contribution in [1.82, 2.24) is 0 Å². The van der Waals surface area contributed by atoms with Crippen molar-refractivity contribution in [3.63, 3.8) is 0 Å². The Morgan fingerprint density at radius 3 is 2.31 bits per heavy atom. The molecule has 0 aliphatic carbocycles. The number of esters is 1. The Morgan fingerprint density at radius 2 is 1.59 bits per heavy atom. The minimum Gasteiger partial charge on any atom is -0.496 e. The Morgan fingerprint density at radius 1 is 0.897 bits per heavy atom. The number of halogens is 1. The quantitative estimate of drug-likeness (QED) is 0.192. The predicted molar refractivity (Wildman–Crippen MR) is 118 cm³/mol. The number of methoxy groups -OCH3 is 1. The smallest absolute Gasteiger partial charge is 0.338 e. The van der Waals surface area contributed by atoms with Crippen molar-refractivity contribution in [3.05, 3.63) is 94.5 Å². The van der Waals surface area contributed by atoms with Crippen LogP contribution in [0.1, 0.15) is 11.1 Å². The van der Waals surface area contributed by atoms with Gasteiger partial charge in [-0.05, 0) is 42.0 Å². The topological polar surface area (TPSA) is 44.8 Å². The Balaban J connectivity index is 1.71. The second-order valence-electron chi connectivity index (χ2n) is 6.10. The Bertz CT molecular complexity index is 966. The van der Waals surface area contributed by atoms with Gasteiger partial charge in [-0.1, -0.05) is 64.5 Å². The molecule has 0 aromatic heterocycles. The highest BCUT2D eigenvalue weighted by Gasteiger charge is 2.15. The largest absolute Gasteiger partial charge is 0.496 e. The molecule has 29 heavy (non-hydrogen) atoms. The van der Waals surface area contributed by atoms with Gasteiger partial charge in [0, 0.05) is 10.0 Å². The fraction of sp³-hybridized carbons (Fsp3) is 0.125. The van der Waals surface area contributed by atoms with Crippen LogP contribution in [0.4, 0.5) is 0 Å². The maximum Gasteiger partial charge on any atom is 0.338 e. The van der Waals surface area contributed by atoms with Gasteiger partial charge >= 0.3 is 5.97 Å². The molecule has 0 heterocycles. The standard InChI is InChI=1S/C24H21BrO4/c1-27-23-10-6-5-9-19(23)17-22(18-7-3-2-4-8-18)24(26)29-16-15-28-21-13-11-20(25)12-14-21/h2-14,17H,15-16H2,1H3. The van der Waals surface area contributed by atoms with Crippen LogP contribution < -0.4 is 9.47 Å². The summed E-state index contributed by atoms with van der Waals surface area (Å²) in [5.41, 5.74) is 2.04. The zero-order valence-electron chi connectivity index (χ0n) is 16.0. The van der Waals surface area contributed by atoms with Crippen LogP contribution >= 0.6 is 15.9 Å². The van der Waals surface area contributed by atoms with Crippen molar-refractivity contribution in [3.8, 4) is 11.5 Å². The third kappa shape index (κ3) is 5.96. The summed E-state index contributed by atoms with van der Waals surface area (Å²) in [5, 5.41) is 0. The third-order valence-corrected chi connectivity index (χ3v) is 4.67. The molecule has 0 spiro atoms. The zero-order valence-corrected chi connectivity index (χ0v) is 17.6. The summed E-state index contributed by atoms with van der Waals surface area (Å²) >= 11 is 3.38. The average Bonchev–Trinajstić information content (AvgIpc) is 2.77. The van der Waals surface area contributed by atoms with Gasteiger partial charge in [-0.15, -0.1) is 0 Å². The van der Waals surface area contributed by atoms with Crippen molar-refractivity contribution in [1.29, 1.82) is 0 Å². The Hall–Kier alpha value is -3.05. The third-order valence-electron chi connectivity index (χ3n) is 4.14. The summed E-state index contributed by atoms with van der Waals surface area (Å²) in [4.78, 5) is 12.8. The van der Waals surface area contributed by atoms with Crippen molar-refractivity contribution in [2.24, 2.45) is 0 Å². The van der Waals surface area contributed by atoms with E-state index in [1.54, 1.807) is 13.2 Å². The van der Waals surface area contributed by atoms with Crippen molar-refractivity contribution >= 4 is 33.5 Å². The van der Waals surface area contributed by atoms with Crippen LogP contribution in [0.2, 0.25) is 0 Å². The molecular weight excluding hydrogens is 432 g/mol. The molecule has 0 unspecified atom stereocenters. The lowest BCUT2D eigenvalue weighted by atomic mass is 10.0. The minimum absolute atomic E-state index is 0.144. The minimum atomic E-state index is -0.415. The van der Waals surface area contributed by atoms with Gasteiger partial charge in [-0.2, -0.15) is 0 Å². The van der Waals surface area contributed by atoms with Crippen LogP contribution in [0.15, 0.2) is 83.3 Å². The number of carbonyl (C=O) groups is 1. The van der Waals surface area contributed by atoms with Gasteiger partial charge in [0.05, 0.1) is 12.7 Å². The molecule has 0 atom stereocenters. The van der Waals surface area contributed by atoms with Gasteiger partial charge in [0.1, 0.15) is 24.7 Å². The van der Waals surface area contributed by atoms with Crippen LogP contribution in [0, 0.1) is 0 Å². The summed E-state index contributed by atoms with van der Waals surface area (Å²) in [5.74, 6) is 0.992. The maximum absolute atomic E-state index is 12.8. The highest BCUT2D eigenvalue weighted by atomic mass is 79.9. The second kappa shape index (κ2) is 10.5. The molecule has 3 aromatic carbocycles. The van der Waals surface area contributed by atoms with E-state index < -0.39 is 5.97 Å². The van der Waals surface area contributed by atoms with Crippen LogP contribution in [-0.2, 0) is 9.53 Å². The number of hydrogen-bond donors (Lipinski definition) is 0. The van der Waals surface area contributed by atoms with E-state index in [9.17, 15) is 4.79 Å². The number of para-hydroxylation sites is 1. The van der Waals surface area contributed by atoms with E-state index in [4.69, 9.17) is 14.2 Å². The monoisotopic (exact) mass is 452 g/mol. The van der Waals surface area contributed by atoms with E-state index in [1.807, 2.05) is 78.9 Å². The molecule has 3 aromatic rings. The molecule has 0 fully saturated rings. The maximum atomic E-state index is 12.8. The molecule has 148 valence electrons. The molecule has 0 N–H and O–H groups in total. The lowest BCUT2D eigenvalue weighted by molar-refractivity contribution is -0.137. The average molecular weight is 453 g/mol. The van der Waals surface area contributed by atoms with Gasteiger partial charge in [-0.25, -0.2) is 4.79 Å². The fourth-order valence-electron chi connectivity index (χ4n) is 2.72. The first kappa shape index (κ1) is 20.7. The zero-order chi connectivity index (χ0) is 20.5. The lowest BCUT2D eigenvalue weighted by Gasteiger charge is -2.11. The summed E-state index contributed by atoms with van der Waals surface area (Å²) in [6.07, 6.45) is 1.78. The van der Waals surface area contributed by atoms with E-state index >= 15 is 0 Å². The summed E-state index contributed by atoms with van der Waals surface area (Å²) in [6.45, 7) is 0.412. The van der Waals surface area contributed by atoms with Crippen LogP contribution in [0.5, 0.6) is 11.5 Å². The predicted octanol–water partition coefficient (Wildman–Crippen LogP) is 5.62. The van der Waals surface area contributed by atoms with E-state index in [2.05, 4.69) is 15.9 Å². The first-order valence-corrected chi connectivity index (χ1v) is 9.92. The molecule has 0 aliphatic rings. The van der Waals surface area contributed by atoms with Crippen molar-refractivity contribution < 1.29 is 19.0 Å². The molecule has 0 amide bonds. The van der Waals surface area contributed by atoms with Gasteiger partial charge in [0.25, 0.3) is 0 Å². The Labute approximate surface area is 178 Å². The lowest BCUT2D eigenvalue weighted by Crippen LogP contribution is -2.13. The highest BCUT2D eigenvalue weighted by molar-refractivity contribution is 9.10. The SMILES string of the molecule is COc1ccccc1C=C(C(=O)OCCOc1ccc(Br)cc1)c1ccccc1. The number of benzene rings is 3. The van der Waals surface area contributed by atoms with Crippen LogP contribution in [0.3, 0.4) is 0 Å². The molecular formula is C24H21BrO4. The molecule has 0 radical (unpaired) electrons. The van der Waals surface area contributed by atoms with Crippen LogP contribution in [0.25, 0.3) is 11.6 Å². The number of ether oxygens (including phenoxy) is 3. The molecule has 0 saturated carbocycles. The molecule has 3 rings (SSSR count). The summed E-state index contributed by atoms with van der Waals surface area (Å²) in [7, 11) is 1.60. The van der Waals surface area contributed by atoms with Crippen molar-refractivity contribution in [2.75, 3.05) is 20.3 Å². The first-order valence-electron chi connectivity index (χ1n) is 9.13. The van der Waals surface area contributed by atoms with Gasteiger partial charge in [-0.3, -0.25) is 0 Å². The second-order valence-corrected chi connectivity index (χ2v) is 7.02. The van der Waals surface area contributed by atoms with E-state index in [0.717, 1.165) is 21.3 Å². The van der Waals surface area contributed by atoms with E-state index in [0.29, 0.717) is 11.3 Å². The van der Waals surface area contributed by atoms with E-state index in [1.165, 1.54) is 0 Å². The number of hydrogen-bond acceptors (Lipinski definition) is 4.